The summed E-state index contributed by atoms with van der Waals surface area (Å²) in [5.74, 6) is 1.60. The zero-order valence-corrected chi connectivity index (χ0v) is 15.6. The second-order valence-corrected chi connectivity index (χ2v) is 9.13. The highest BCUT2D eigenvalue weighted by atomic mass is 33.1. The fourth-order valence-electron chi connectivity index (χ4n) is 0.875. The molecule has 0 aromatic rings. The van der Waals surface area contributed by atoms with E-state index in [0.717, 1.165) is 23.0 Å². The Labute approximate surface area is 147 Å². The Morgan fingerprint density at radius 2 is 0.955 bits per heavy atom. The molecule has 0 amide bonds. The maximum atomic E-state index is 10.1. The lowest BCUT2D eigenvalue weighted by Crippen LogP contribution is -1.95. The van der Waals surface area contributed by atoms with Gasteiger partial charge in [0.1, 0.15) is 0 Å². The van der Waals surface area contributed by atoms with Gasteiger partial charge in [0, 0.05) is 35.9 Å². The minimum atomic E-state index is -0.763. The Morgan fingerprint density at radius 3 is 1.23 bits per heavy atom. The Hall–Kier alpha value is 0.260. The van der Waals surface area contributed by atoms with E-state index in [1.807, 2.05) is 0 Å². The van der Waals surface area contributed by atoms with Crippen molar-refractivity contribution in [1.82, 2.24) is 0 Å². The SMILES string of the molecule is O=C(O)CCCSSCCCC(=O)O.OCCSSCCO. The van der Waals surface area contributed by atoms with Crippen molar-refractivity contribution >= 4 is 55.1 Å². The van der Waals surface area contributed by atoms with E-state index in [4.69, 9.17) is 20.4 Å². The van der Waals surface area contributed by atoms with Crippen molar-refractivity contribution in [3.8, 4) is 0 Å². The lowest BCUT2D eigenvalue weighted by molar-refractivity contribution is -0.138. The second kappa shape index (κ2) is 21.3. The molecule has 0 heterocycles. The molecule has 0 bridgehead atoms. The highest BCUT2D eigenvalue weighted by Gasteiger charge is 1.98. The van der Waals surface area contributed by atoms with Gasteiger partial charge in [-0.2, -0.15) is 0 Å². The van der Waals surface area contributed by atoms with Crippen LogP contribution in [-0.4, -0.2) is 68.6 Å². The minimum Gasteiger partial charge on any atom is -0.481 e. The summed E-state index contributed by atoms with van der Waals surface area (Å²) in [6, 6.07) is 0. The average Bonchev–Trinajstić information content (AvgIpc) is 2.46. The van der Waals surface area contributed by atoms with Gasteiger partial charge in [-0.25, -0.2) is 0 Å². The maximum absolute atomic E-state index is 10.1. The molecule has 0 spiro atoms. The molecule has 0 atom stereocenters. The number of hydrogen-bond acceptors (Lipinski definition) is 8. The highest BCUT2D eigenvalue weighted by molar-refractivity contribution is 8.77. The second-order valence-electron chi connectivity index (χ2n) is 3.73. The van der Waals surface area contributed by atoms with Crippen LogP contribution in [0.3, 0.4) is 0 Å². The van der Waals surface area contributed by atoms with E-state index in [2.05, 4.69) is 0 Å². The Kier molecular flexibility index (Phi) is 23.7. The van der Waals surface area contributed by atoms with Crippen molar-refractivity contribution in [3.63, 3.8) is 0 Å². The molecule has 0 rings (SSSR count). The summed E-state index contributed by atoms with van der Waals surface area (Å²) in [5, 5.41) is 33.2. The molecule has 10 heteroatoms. The monoisotopic (exact) mass is 392 g/mol. The molecule has 0 aromatic heterocycles. The number of aliphatic carboxylic acids is 2. The van der Waals surface area contributed by atoms with Crippen molar-refractivity contribution < 1.29 is 30.0 Å². The third-order valence-corrected chi connectivity index (χ3v) is 6.70. The summed E-state index contributed by atoms with van der Waals surface area (Å²) in [5.41, 5.74) is 0. The van der Waals surface area contributed by atoms with E-state index in [1.54, 1.807) is 43.2 Å². The number of carboxylic acid groups (broad SMARTS) is 2. The molecule has 0 aromatic carbocycles. The molecule has 0 saturated carbocycles. The van der Waals surface area contributed by atoms with Crippen LogP contribution in [0.5, 0.6) is 0 Å². The molecule has 132 valence electrons. The number of aliphatic hydroxyl groups excluding tert-OH is 2. The summed E-state index contributed by atoms with van der Waals surface area (Å²) in [4.78, 5) is 20.3. The van der Waals surface area contributed by atoms with Crippen molar-refractivity contribution in [1.29, 1.82) is 0 Å². The van der Waals surface area contributed by atoms with Gasteiger partial charge in [0.25, 0.3) is 0 Å². The van der Waals surface area contributed by atoms with Crippen molar-refractivity contribution in [3.05, 3.63) is 0 Å². The van der Waals surface area contributed by atoms with Gasteiger partial charge in [-0.3, -0.25) is 9.59 Å². The third kappa shape index (κ3) is 28.4. The van der Waals surface area contributed by atoms with E-state index >= 15 is 0 Å². The fourth-order valence-corrected chi connectivity index (χ4v) is 4.59. The molecule has 0 aliphatic rings. The van der Waals surface area contributed by atoms with E-state index in [1.165, 1.54) is 0 Å². The van der Waals surface area contributed by atoms with Gasteiger partial charge in [0.15, 0.2) is 0 Å². The average molecular weight is 393 g/mol. The van der Waals surface area contributed by atoms with Crippen LogP contribution in [0.4, 0.5) is 0 Å². The van der Waals surface area contributed by atoms with E-state index in [-0.39, 0.29) is 26.1 Å². The molecule has 0 fully saturated rings. The predicted octanol–water partition coefficient (Wildman–Crippen LogP) is 2.45. The summed E-state index contributed by atoms with van der Waals surface area (Å²) >= 11 is 0. The largest absolute Gasteiger partial charge is 0.481 e. The van der Waals surface area contributed by atoms with Crippen molar-refractivity contribution in [2.45, 2.75) is 25.7 Å². The standard InChI is InChI=1S/C8H14O4S2.C4H10O2S2/c9-7(10)3-1-5-13-14-6-2-4-8(11)12;5-1-3-7-8-4-2-6/h1-6H2,(H,9,10)(H,11,12);5-6H,1-4H2. The van der Waals surface area contributed by atoms with Crippen LogP contribution in [0.15, 0.2) is 0 Å². The summed E-state index contributed by atoms with van der Waals surface area (Å²) < 4.78 is 0. The Balaban J connectivity index is 0. The Morgan fingerprint density at radius 1 is 0.636 bits per heavy atom. The van der Waals surface area contributed by atoms with Gasteiger partial charge in [0.2, 0.25) is 0 Å². The zero-order valence-electron chi connectivity index (χ0n) is 12.3. The minimum absolute atomic E-state index is 0.211. The normalized spacial score (nSPS) is 9.91. The van der Waals surface area contributed by atoms with Crippen LogP contribution >= 0.6 is 43.2 Å². The van der Waals surface area contributed by atoms with Gasteiger partial charge >= 0.3 is 11.9 Å². The van der Waals surface area contributed by atoms with Crippen LogP contribution in [0.2, 0.25) is 0 Å². The molecular weight excluding hydrogens is 368 g/mol. The van der Waals surface area contributed by atoms with Crippen LogP contribution in [0.25, 0.3) is 0 Å². The van der Waals surface area contributed by atoms with Gasteiger partial charge < -0.3 is 20.4 Å². The lowest BCUT2D eigenvalue weighted by Gasteiger charge is -1.98. The molecule has 0 saturated heterocycles. The first-order valence-corrected chi connectivity index (χ1v) is 11.7. The quantitative estimate of drug-likeness (QED) is 0.259. The van der Waals surface area contributed by atoms with Gasteiger partial charge in [-0.05, 0) is 12.8 Å². The van der Waals surface area contributed by atoms with Crippen molar-refractivity contribution in [2.24, 2.45) is 0 Å². The molecule has 0 aliphatic carbocycles. The molecule has 22 heavy (non-hydrogen) atoms. The molecule has 0 aliphatic heterocycles. The Bertz CT molecular complexity index is 242. The van der Waals surface area contributed by atoms with Crippen LogP contribution < -0.4 is 0 Å². The van der Waals surface area contributed by atoms with Crippen molar-refractivity contribution in [2.75, 3.05) is 36.2 Å². The van der Waals surface area contributed by atoms with Crippen LogP contribution in [-0.2, 0) is 9.59 Å². The number of aliphatic hydroxyl groups is 2. The molecular formula is C12H24O6S4. The predicted molar refractivity (Wildman–Crippen MR) is 97.7 cm³/mol. The molecule has 6 nitrogen and oxygen atoms in total. The van der Waals surface area contributed by atoms with Gasteiger partial charge in [-0.15, -0.1) is 0 Å². The topological polar surface area (TPSA) is 115 Å². The van der Waals surface area contributed by atoms with E-state index in [0.29, 0.717) is 12.8 Å². The smallest absolute Gasteiger partial charge is 0.303 e. The highest BCUT2D eigenvalue weighted by Crippen LogP contribution is 2.23. The first kappa shape index (κ1) is 24.5. The van der Waals surface area contributed by atoms with Gasteiger partial charge in [-0.1, -0.05) is 43.2 Å². The third-order valence-electron chi connectivity index (χ3n) is 1.75. The fraction of sp³-hybridized carbons (Fsp3) is 0.833. The number of hydrogen-bond donors (Lipinski definition) is 4. The first-order chi connectivity index (χ1) is 10.5. The first-order valence-electron chi connectivity index (χ1n) is 6.68. The molecule has 4 N–H and O–H groups in total. The molecule has 0 radical (unpaired) electrons. The van der Waals surface area contributed by atoms with Crippen LogP contribution in [0, 0.1) is 0 Å². The number of carbonyl (C=O) groups is 2. The van der Waals surface area contributed by atoms with E-state index < -0.39 is 11.9 Å². The summed E-state index contributed by atoms with van der Waals surface area (Å²) in [7, 11) is 6.38. The number of rotatable bonds is 14. The molecule has 0 unspecified atom stereocenters. The van der Waals surface area contributed by atoms with Crippen LogP contribution in [0.1, 0.15) is 25.7 Å². The van der Waals surface area contributed by atoms with Gasteiger partial charge in [0.05, 0.1) is 13.2 Å². The maximum Gasteiger partial charge on any atom is 0.303 e. The summed E-state index contributed by atoms with van der Waals surface area (Å²) in [6.07, 6.45) is 1.77. The zero-order chi connectivity index (χ0) is 17.1. The number of carboxylic acids is 2. The van der Waals surface area contributed by atoms with E-state index in [9.17, 15) is 9.59 Å². The summed E-state index contributed by atoms with van der Waals surface area (Å²) in [6.45, 7) is 0.451. The lowest BCUT2D eigenvalue weighted by atomic mass is 10.3.